The van der Waals surface area contributed by atoms with E-state index in [1.54, 1.807) is 4.31 Å². The van der Waals surface area contributed by atoms with Gasteiger partial charge in [-0.15, -0.1) is 11.6 Å². The molecule has 0 aromatic heterocycles. The molecule has 5 heteroatoms. The normalized spacial score (nSPS) is 23.6. The monoisotopic (exact) mass is 239 g/mol. The maximum absolute atomic E-state index is 11.6. The molecule has 0 radical (unpaired) electrons. The maximum Gasteiger partial charge on any atom is 0.215 e. The van der Waals surface area contributed by atoms with E-state index < -0.39 is 10.0 Å². The van der Waals surface area contributed by atoms with Crippen molar-refractivity contribution in [1.82, 2.24) is 4.31 Å². The molecule has 0 aromatic carbocycles. The van der Waals surface area contributed by atoms with Crippen LogP contribution in [0.25, 0.3) is 0 Å². The summed E-state index contributed by atoms with van der Waals surface area (Å²) in [5.41, 5.74) is 0.285. The molecule has 84 valence electrons. The Kier molecular flexibility index (Phi) is 3.83. The van der Waals surface area contributed by atoms with Gasteiger partial charge in [0.1, 0.15) is 0 Å². The lowest BCUT2D eigenvalue weighted by atomic mass is 9.83. The van der Waals surface area contributed by atoms with E-state index in [1.165, 1.54) is 0 Å². The summed E-state index contributed by atoms with van der Waals surface area (Å²) in [4.78, 5) is 0. The second-order valence-electron chi connectivity index (χ2n) is 4.57. The Hall–Kier alpha value is 0.200. The SMILES string of the molecule is CC1(C)CCN(S(=O)(=O)CCCl)CC1. The van der Waals surface area contributed by atoms with Crippen LogP contribution in [0.3, 0.4) is 0 Å². The quantitative estimate of drug-likeness (QED) is 0.703. The van der Waals surface area contributed by atoms with Crippen LogP contribution in [0.2, 0.25) is 0 Å². The van der Waals surface area contributed by atoms with Crippen LogP contribution < -0.4 is 0 Å². The summed E-state index contributed by atoms with van der Waals surface area (Å²) in [5, 5.41) is 0. The summed E-state index contributed by atoms with van der Waals surface area (Å²) in [6.07, 6.45) is 1.88. The highest BCUT2D eigenvalue weighted by atomic mass is 35.5. The number of nitrogens with zero attached hydrogens (tertiary/aromatic N) is 1. The molecule has 1 fully saturated rings. The summed E-state index contributed by atoms with van der Waals surface area (Å²) in [5.74, 6) is 0.247. The zero-order chi connectivity index (χ0) is 10.8. The Morgan fingerprint density at radius 2 is 1.79 bits per heavy atom. The van der Waals surface area contributed by atoms with Crippen molar-refractivity contribution in [3.8, 4) is 0 Å². The Morgan fingerprint density at radius 1 is 1.29 bits per heavy atom. The molecule has 0 bridgehead atoms. The summed E-state index contributed by atoms with van der Waals surface area (Å²) >= 11 is 5.46. The standard InChI is InChI=1S/C9H18ClNO2S/c1-9(2)3-6-11(7-4-9)14(12,13)8-5-10/h3-8H2,1-2H3. The van der Waals surface area contributed by atoms with E-state index in [1.807, 2.05) is 0 Å². The molecule has 14 heavy (non-hydrogen) atoms. The summed E-state index contributed by atoms with van der Waals surface area (Å²) in [7, 11) is -3.08. The Morgan fingerprint density at radius 3 is 2.21 bits per heavy atom. The predicted octanol–water partition coefficient (Wildman–Crippen LogP) is 1.68. The van der Waals surface area contributed by atoms with E-state index in [0.29, 0.717) is 13.1 Å². The lowest BCUT2D eigenvalue weighted by Gasteiger charge is -2.35. The smallest absolute Gasteiger partial charge is 0.212 e. The fraction of sp³-hybridized carbons (Fsp3) is 1.00. The van der Waals surface area contributed by atoms with E-state index >= 15 is 0 Å². The van der Waals surface area contributed by atoms with Crippen molar-refractivity contribution in [2.24, 2.45) is 5.41 Å². The van der Waals surface area contributed by atoms with Gasteiger partial charge in [0, 0.05) is 19.0 Å². The van der Waals surface area contributed by atoms with Gasteiger partial charge < -0.3 is 0 Å². The topological polar surface area (TPSA) is 37.4 Å². The van der Waals surface area contributed by atoms with Gasteiger partial charge in [-0.25, -0.2) is 12.7 Å². The van der Waals surface area contributed by atoms with Gasteiger partial charge in [0.2, 0.25) is 10.0 Å². The number of hydrogen-bond donors (Lipinski definition) is 0. The molecule has 1 heterocycles. The molecule has 0 atom stereocenters. The van der Waals surface area contributed by atoms with Crippen LogP contribution in [0, 0.1) is 5.41 Å². The first-order valence-corrected chi connectivity index (χ1v) is 7.06. The molecule has 1 saturated heterocycles. The van der Waals surface area contributed by atoms with Gasteiger partial charge in [-0.05, 0) is 18.3 Å². The molecular weight excluding hydrogens is 222 g/mol. The number of hydrogen-bond acceptors (Lipinski definition) is 2. The summed E-state index contributed by atoms with van der Waals surface area (Å²) < 4.78 is 24.8. The molecule has 1 aliphatic heterocycles. The van der Waals surface area contributed by atoms with Crippen LogP contribution in [-0.4, -0.2) is 37.4 Å². The highest BCUT2D eigenvalue weighted by Crippen LogP contribution is 2.30. The fourth-order valence-corrected chi connectivity index (χ4v) is 3.37. The second-order valence-corrected chi connectivity index (χ2v) is 7.03. The lowest BCUT2D eigenvalue weighted by molar-refractivity contribution is 0.196. The molecule has 0 saturated carbocycles. The van der Waals surface area contributed by atoms with E-state index in [2.05, 4.69) is 13.8 Å². The van der Waals surface area contributed by atoms with E-state index in [-0.39, 0.29) is 17.0 Å². The number of alkyl halides is 1. The largest absolute Gasteiger partial charge is 0.215 e. The van der Waals surface area contributed by atoms with Crippen molar-refractivity contribution in [2.45, 2.75) is 26.7 Å². The maximum atomic E-state index is 11.6. The van der Waals surface area contributed by atoms with Gasteiger partial charge >= 0.3 is 0 Å². The van der Waals surface area contributed by atoms with Crippen molar-refractivity contribution in [3.05, 3.63) is 0 Å². The Balaban J connectivity index is 2.58. The molecule has 0 N–H and O–H groups in total. The van der Waals surface area contributed by atoms with Gasteiger partial charge in [0.05, 0.1) is 5.75 Å². The van der Waals surface area contributed by atoms with Gasteiger partial charge in [-0.2, -0.15) is 0 Å². The highest BCUT2D eigenvalue weighted by molar-refractivity contribution is 7.89. The van der Waals surface area contributed by atoms with Crippen molar-refractivity contribution >= 4 is 21.6 Å². The van der Waals surface area contributed by atoms with Crippen LogP contribution in [-0.2, 0) is 10.0 Å². The molecule has 3 nitrogen and oxygen atoms in total. The first kappa shape index (κ1) is 12.3. The van der Waals surface area contributed by atoms with E-state index in [4.69, 9.17) is 11.6 Å². The zero-order valence-corrected chi connectivity index (χ0v) is 10.4. The van der Waals surface area contributed by atoms with Crippen LogP contribution in [0.4, 0.5) is 0 Å². The highest BCUT2D eigenvalue weighted by Gasteiger charge is 2.31. The van der Waals surface area contributed by atoms with Gasteiger partial charge in [0.25, 0.3) is 0 Å². The molecule has 0 spiro atoms. The number of piperidine rings is 1. The van der Waals surface area contributed by atoms with Gasteiger partial charge in [0.15, 0.2) is 0 Å². The van der Waals surface area contributed by atoms with Gasteiger partial charge in [-0.1, -0.05) is 13.8 Å². The van der Waals surface area contributed by atoms with Crippen LogP contribution in [0.5, 0.6) is 0 Å². The third kappa shape index (κ3) is 3.11. The minimum atomic E-state index is -3.08. The first-order chi connectivity index (χ1) is 6.37. The van der Waals surface area contributed by atoms with Gasteiger partial charge in [-0.3, -0.25) is 0 Å². The second kappa shape index (κ2) is 4.37. The Labute approximate surface area is 91.5 Å². The molecule has 0 aliphatic carbocycles. The average molecular weight is 240 g/mol. The number of rotatable bonds is 3. The fourth-order valence-electron chi connectivity index (χ4n) is 1.60. The molecule has 1 aliphatic rings. The average Bonchev–Trinajstić information content (AvgIpc) is 2.03. The third-order valence-corrected chi connectivity index (χ3v) is 5.09. The summed E-state index contributed by atoms with van der Waals surface area (Å²) in [6, 6.07) is 0. The van der Waals surface area contributed by atoms with Crippen molar-refractivity contribution < 1.29 is 8.42 Å². The third-order valence-electron chi connectivity index (χ3n) is 2.80. The molecule has 0 amide bonds. The Bertz CT molecular complexity index is 277. The first-order valence-electron chi connectivity index (χ1n) is 4.91. The summed E-state index contributed by atoms with van der Waals surface area (Å²) in [6.45, 7) is 5.65. The molecule has 0 unspecified atom stereocenters. The van der Waals surface area contributed by atoms with Crippen molar-refractivity contribution in [1.29, 1.82) is 0 Å². The van der Waals surface area contributed by atoms with Crippen LogP contribution in [0.1, 0.15) is 26.7 Å². The minimum absolute atomic E-state index is 0.0645. The molecule has 0 aromatic rings. The van der Waals surface area contributed by atoms with E-state index in [0.717, 1.165) is 12.8 Å². The minimum Gasteiger partial charge on any atom is -0.212 e. The predicted molar refractivity (Wildman–Crippen MR) is 59.1 cm³/mol. The van der Waals surface area contributed by atoms with Crippen molar-refractivity contribution in [2.75, 3.05) is 24.7 Å². The molecular formula is C9H18ClNO2S. The van der Waals surface area contributed by atoms with Crippen molar-refractivity contribution in [3.63, 3.8) is 0 Å². The zero-order valence-electron chi connectivity index (χ0n) is 8.79. The van der Waals surface area contributed by atoms with Crippen LogP contribution in [0.15, 0.2) is 0 Å². The van der Waals surface area contributed by atoms with Crippen LogP contribution >= 0.6 is 11.6 Å². The lowest BCUT2D eigenvalue weighted by Crippen LogP contribution is -2.42. The number of halogens is 1. The molecule has 1 rings (SSSR count). The number of sulfonamides is 1. The van der Waals surface area contributed by atoms with E-state index in [9.17, 15) is 8.42 Å².